The molecule has 0 spiro atoms. The molecule has 0 atom stereocenters. The number of imidazole rings is 1. The lowest BCUT2D eigenvalue weighted by Gasteiger charge is -2.04. The lowest BCUT2D eigenvalue weighted by atomic mass is 10.3. The van der Waals surface area contributed by atoms with E-state index in [1.54, 1.807) is 36.8 Å². The Balaban J connectivity index is 1.87. The van der Waals surface area contributed by atoms with Crippen LogP contribution in [0.1, 0.15) is 10.4 Å². The minimum Gasteiger partial charge on any atom is -0.423 e. The Morgan fingerprint density at radius 2 is 2.21 bits per heavy atom. The molecule has 0 N–H and O–H groups in total. The van der Waals surface area contributed by atoms with Gasteiger partial charge in [-0.15, -0.1) is 0 Å². The summed E-state index contributed by atoms with van der Waals surface area (Å²) in [7, 11) is 1.91. The number of hydrogen-bond donors (Lipinski definition) is 0. The maximum Gasteiger partial charge on any atom is 0.345 e. The van der Waals surface area contributed by atoms with Crippen molar-refractivity contribution in [1.82, 2.24) is 14.5 Å². The van der Waals surface area contributed by atoms with E-state index in [2.05, 4.69) is 9.97 Å². The SMILES string of the molecule is Cn1cnc2cc(OC(=O)c3cccnc3)ccc21. The number of pyridine rings is 1. The normalized spacial score (nSPS) is 10.6. The van der Waals surface area contributed by atoms with Gasteiger partial charge in [0, 0.05) is 25.5 Å². The number of esters is 1. The average molecular weight is 253 g/mol. The van der Waals surface area contributed by atoms with Crippen molar-refractivity contribution < 1.29 is 9.53 Å². The summed E-state index contributed by atoms with van der Waals surface area (Å²) in [5.74, 6) is 0.0448. The number of hydrogen-bond acceptors (Lipinski definition) is 4. The van der Waals surface area contributed by atoms with Gasteiger partial charge >= 0.3 is 5.97 Å². The van der Waals surface area contributed by atoms with Crippen LogP contribution in [0.5, 0.6) is 5.75 Å². The first kappa shape index (κ1) is 11.4. The number of ether oxygens (including phenoxy) is 1. The summed E-state index contributed by atoms with van der Waals surface area (Å²) in [5, 5.41) is 0. The first-order valence-corrected chi connectivity index (χ1v) is 5.77. The van der Waals surface area contributed by atoms with Gasteiger partial charge in [0.1, 0.15) is 5.75 Å². The molecule has 2 heterocycles. The Bertz CT molecular complexity index is 735. The average Bonchev–Trinajstić information content (AvgIpc) is 2.81. The largest absolute Gasteiger partial charge is 0.423 e. The zero-order valence-electron chi connectivity index (χ0n) is 10.3. The van der Waals surface area contributed by atoms with Gasteiger partial charge in [0.2, 0.25) is 0 Å². The van der Waals surface area contributed by atoms with Crippen LogP contribution in [0, 0.1) is 0 Å². The van der Waals surface area contributed by atoms with Crippen molar-refractivity contribution in [3.63, 3.8) is 0 Å². The van der Waals surface area contributed by atoms with Crippen molar-refractivity contribution in [3.8, 4) is 5.75 Å². The van der Waals surface area contributed by atoms with Gasteiger partial charge in [-0.2, -0.15) is 0 Å². The maximum atomic E-state index is 11.9. The van der Waals surface area contributed by atoms with Gasteiger partial charge < -0.3 is 9.30 Å². The molecule has 0 radical (unpaired) electrons. The summed E-state index contributed by atoms with van der Waals surface area (Å²) in [6.45, 7) is 0. The van der Waals surface area contributed by atoms with E-state index in [0.717, 1.165) is 11.0 Å². The molecule has 0 amide bonds. The Kier molecular flexibility index (Phi) is 2.72. The van der Waals surface area contributed by atoms with Crippen molar-refractivity contribution in [2.24, 2.45) is 7.05 Å². The Hall–Kier alpha value is -2.69. The Morgan fingerprint density at radius 1 is 1.32 bits per heavy atom. The predicted octanol–water partition coefficient (Wildman–Crippen LogP) is 2.19. The molecule has 5 heteroatoms. The standard InChI is InChI=1S/C14H11N3O2/c1-17-9-16-12-7-11(4-5-13(12)17)19-14(18)10-3-2-6-15-8-10/h2-9H,1H3. The molecule has 3 rings (SSSR count). The zero-order valence-corrected chi connectivity index (χ0v) is 10.3. The number of aromatic nitrogens is 3. The molecule has 94 valence electrons. The fraction of sp³-hybridized carbons (Fsp3) is 0.0714. The minimum absolute atomic E-state index is 0.420. The van der Waals surface area contributed by atoms with Crippen molar-refractivity contribution in [1.29, 1.82) is 0 Å². The zero-order chi connectivity index (χ0) is 13.2. The number of fused-ring (bicyclic) bond motifs is 1. The van der Waals surface area contributed by atoms with Crippen molar-refractivity contribution >= 4 is 17.0 Å². The fourth-order valence-electron chi connectivity index (χ4n) is 1.83. The van der Waals surface area contributed by atoms with Crippen LogP contribution >= 0.6 is 0 Å². The summed E-state index contributed by atoms with van der Waals surface area (Å²) in [4.78, 5) is 20.0. The van der Waals surface area contributed by atoms with E-state index in [9.17, 15) is 4.79 Å². The van der Waals surface area contributed by atoms with E-state index in [1.807, 2.05) is 17.7 Å². The quantitative estimate of drug-likeness (QED) is 0.519. The van der Waals surface area contributed by atoms with E-state index in [4.69, 9.17) is 4.74 Å². The van der Waals surface area contributed by atoms with E-state index < -0.39 is 5.97 Å². The second-order valence-corrected chi connectivity index (χ2v) is 4.14. The fourth-order valence-corrected chi connectivity index (χ4v) is 1.83. The molecule has 0 aliphatic heterocycles. The van der Waals surface area contributed by atoms with Gasteiger partial charge in [-0.25, -0.2) is 9.78 Å². The molecule has 1 aromatic carbocycles. The van der Waals surface area contributed by atoms with Gasteiger partial charge in [0.05, 0.1) is 22.9 Å². The third-order valence-electron chi connectivity index (χ3n) is 2.80. The highest BCUT2D eigenvalue weighted by Gasteiger charge is 2.09. The van der Waals surface area contributed by atoms with E-state index in [1.165, 1.54) is 6.20 Å². The second kappa shape index (κ2) is 4.53. The van der Waals surface area contributed by atoms with Crippen LogP contribution in [-0.4, -0.2) is 20.5 Å². The highest BCUT2D eigenvalue weighted by Crippen LogP contribution is 2.20. The van der Waals surface area contributed by atoms with Gasteiger partial charge in [0.25, 0.3) is 0 Å². The topological polar surface area (TPSA) is 57.0 Å². The third kappa shape index (κ3) is 2.18. The minimum atomic E-state index is -0.427. The van der Waals surface area contributed by atoms with Crippen molar-refractivity contribution in [2.75, 3.05) is 0 Å². The number of benzene rings is 1. The maximum absolute atomic E-state index is 11.9. The molecule has 0 saturated carbocycles. The second-order valence-electron chi connectivity index (χ2n) is 4.14. The number of carbonyl (C=O) groups excluding carboxylic acids is 1. The van der Waals surface area contributed by atoms with Crippen LogP contribution < -0.4 is 4.74 Å². The first-order valence-electron chi connectivity index (χ1n) is 5.77. The third-order valence-corrected chi connectivity index (χ3v) is 2.80. The smallest absolute Gasteiger partial charge is 0.345 e. The van der Waals surface area contributed by atoms with Crippen LogP contribution in [0.4, 0.5) is 0 Å². The number of carbonyl (C=O) groups is 1. The highest BCUT2D eigenvalue weighted by atomic mass is 16.5. The van der Waals surface area contributed by atoms with Crippen LogP contribution in [0.15, 0.2) is 49.1 Å². The van der Waals surface area contributed by atoms with E-state index in [0.29, 0.717) is 11.3 Å². The Labute approximate surface area is 109 Å². The predicted molar refractivity (Wildman–Crippen MR) is 69.9 cm³/mol. The molecular formula is C14H11N3O2. The molecule has 3 aromatic rings. The van der Waals surface area contributed by atoms with Crippen LogP contribution in [-0.2, 0) is 7.05 Å². The van der Waals surface area contributed by atoms with Crippen molar-refractivity contribution in [3.05, 3.63) is 54.6 Å². The van der Waals surface area contributed by atoms with Crippen LogP contribution in [0.2, 0.25) is 0 Å². The first-order chi connectivity index (χ1) is 9.24. The molecule has 2 aromatic heterocycles. The van der Waals surface area contributed by atoms with Crippen molar-refractivity contribution in [2.45, 2.75) is 0 Å². The molecule has 0 bridgehead atoms. The molecule has 0 saturated heterocycles. The molecule has 0 aliphatic carbocycles. The monoisotopic (exact) mass is 253 g/mol. The molecule has 5 nitrogen and oxygen atoms in total. The van der Waals surface area contributed by atoms with Gasteiger partial charge in [-0.3, -0.25) is 4.98 Å². The summed E-state index contributed by atoms with van der Waals surface area (Å²) < 4.78 is 7.19. The number of aryl methyl sites for hydroxylation is 1. The van der Waals surface area contributed by atoms with Gasteiger partial charge in [-0.1, -0.05) is 0 Å². The van der Waals surface area contributed by atoms with E-state index in [-0.39, 0.29) is 0 Å². The number of rotatable bonds is 2. The van der Waals surface area contributed by atoms with Crippen LogP contribution in [0.3, 0.4) is 0 Å². The summed E-state index contributed by atoms with van der Waals surface area (Å²) in [6.07, 6.45) is 4.80. The molecule has 0 aliphatic rings. The highest BCUT2D eigenvalue weighted by molar-refractivity contribution is 5.91. The van der Waals surface area contributed by atoms with Gasteiger partial charge in [-0.05, 0) is 24.3 Å². The lowest BCUT2D eigenvalue weighted by Crippen LogP contribution is -2.08. The molecule has 0 fully saturated rings. The molecular weight excluding hydrogens is 242 g/mol. The summed E-state index contributed by atoms with van der Waals surface area (Å²) in [5.41, 5.74) is 2.20. The Morgan fingerprint density at radius 3 is 3.00 bits per heavy atom. The molecule has 0 unspecified atom stereocenters. The van der Waals surface area contributed by atoms with E-state index >= 15 is 0 Å². The van der Waals surface area contributed by atoms with Crippen LogP contribution in [0.25, 0.3) is 11.0 Å². The lowest BCUT2D eigenvalue weighted by molar-refractivity contribution is 0.0734. The summed E-state index contributed by atoms with van der Waals surface area (Å²) in [6, 6.07) is 8.71. The van der Waals surface area contributed by atoms with Gasteiger partial charge in [0.15, 0.2) is 0 Å². The number of nitrogens with zero attached hydrogens (tertiary/aromatic N) is 3. The molecule has 19 heavy (non-hydrogen) atoms. The summed E-state index contributed by atoms with van der Waals surface area (Å²) >= 11 is 0.